The molecule has 2 heterocycles. The summed E-state index contributed by atoms with van der Waals surface area (Å²) in [4.78, 5) is 16.4. The molecule has 5 nitrogen and oxygen atoms in total. The van der Waals surface area contributed by atoms with E-state index in [1.807, 2.05) is 42.5 Å². The molecule has 2 aromatic carbocycles. The first-order valence-corrected chi connectivity index (χ1v) is 7.86. The quantitative estimate of drug-likeness (QED) is 0.635. The summed E-state index contributed by atoms with van der Waals surface area (Å²) in [6, 6.07) is 13.5. The first-order chi connectivity index (χ1) is 11.7. The minimum absolute atomic E-state index is 0.0798. The van der Waals surface area contributed by atoms with Gasteiger partial charge in [-0.25, -0.2) is 0 Å². The normalized spacial score (nSPS) is 13.1. The van der Waals surface area contributed by atoms with Gasteiger partial charge < -0.3 is 15.6 Å². The lowest BCUT2D eigenvalue weighted by Gasteiger charge is -2.08. The highest BCUT2D eigenvalue weighted by atomic mass is 16.2. The van der Waals surface area contributed by atoms with Crippen LogP contribution in [0.1, 0.15) is 11.1 Å². The van der Waals surface area contributed by atoms with Crippen LogP contribution in [0.5, 0.6) is 0 Å². The number of hydrogen-bond donors (Lipinski definition) is 3. The van der Waals surface area contributed by atoms with Crippen LogP contribution in [0.15, 0.2) is 54.9 Å². The van der Waals surface area contributed by atoms with Crippen molar-refractivity contribution in [3.8, 4) is 0 Å². The minimum atomic E-state index is -0.642. The highest BCUT2D eigenvalue weighted by Gasteiger charge is 2.25. The van der Waals surface area contributed by atoms with Crippen molar-refractivity contribution in [1.82, 2.24) is 10.2 Å². The number of carbonyl (C=O) groups is 1. The third kappa shape index (κ3) is 2.89. The molecule has 4 rings (SSSR count). The third-order valence-electron chi connectivity index (χ3n) is 4.28. The van der Waals surface area contributed by atoms with Crippen LogP contribution >= 0.6 is 0 Å². The molecule has 0 fully saturated rings. The van der Waals surface area contributed by atoms with Crippen LogP contribution in [-0.4, -0.2) is 23.0 Å². The van der Waals surface area contributed by atoms with Gasteiger partial charge in [-0.1, -0.05) is 24.3 Å². The van der Waals surface area contributed by atoms with Crippen LogP contribution in [0.3, 0.4) is 0 Å². The van der Waals surface area contributed by atoms with Crippen LogP contribution < -0.4 is 16.0 Å². The van der Waals surface area contributed by atoms with E-state index >= 15 is 0 Å². The Morgan fingerprint density at radius 3 is 3.04 bits per heavy atom. The predicted molar refractivity (Wildman–Crippen MR) is 95.0 cm³/mol. The van der Waals surface area contributed by atoms with Crippen molar-refractivity contribution in [3.63, 3.8) is 0 Å². The second kappa shape index (κ2) is 6.07. The van der Waals surface area contributed by atoms with E-state index < -0.39 is 7.05 Å². The van der Waals surface area contributed by atoms with Gasteiger partial charge in [0.1, 0.15) is 0 Å². The monoisotopic (exact) mass is 317 g/mol. The maximum absolute atomic E-state index is 12.3. The number of nitrogens with one attached hydrogen (secondary N) is 2. The molecule has 3 N–H and O–H groups in total. The van der Waals surface area contributed by atoms with Crippen LogP contribution in [0.25, 0.3) is 10.8 Å². The Hall–Kier alpha value is -2.70. The molecule has 0 atom stereocenters. The average molecular weight is 317 g/mol. The van der Waals surface area contributed by atoms with Crippen LogP contribution in [0.2, 0.25) is 0 Å². The van der Waals surface area contributed by atoms with Gasteiger partial charge in [0, 0.05) is 30.0 Å². The number of carbonyl (C=O) groups excluding carboxylic acids is 1. The summed E-state index contributed by atoms with van der Waals surface area (Å²) in [7, 11) is -0.642. The second-order valence-corrected chi connectivity index (χ2v) is 5.98. The molecule has 0 radical (unpaired) electrons. The number of nitrogens with zero attached hydrogens (tertiary/aromatic N) is 1. The van der Waals surface area contributed by atoms with Crippen molar-refractivity contribution in [2.75, 3.05) is 5.32 Å². The lowest BCUT2D eigenvalue weighted by Crippen LogP contribution is -2.37. The summed E-state index contributed by atoms with van der Waals surface area (Å²) in [5.41, 5.74) is 3.59. The van der Waals surface area contributed by atoms with E-state index in [1.165, 1.54) is 0 Å². The smallest absolute Gasteiger partial charge is 0.413 e. The van der Waals surface area contributed by atoms with Crippen LogP contribution in [0, 0.1) is 0 Å². The Bertz CT molecular complexity index is 929. The zero-order valence-corrected chi connectivity index (χ0v) is 13.0. The lowest BCUT2D eigenvalue weighted by molar-refractivity contribution is -0.115. The molecule has 3 aromatic rings. The number of pyridine rings is 1. The fourth-order valence-corrected chi connectivity index (χ4v) is 3.04. The minimum Gasteiger partial charge on any atom is -0.433 e. The highest BCUT2D eigenvalue weighted by molar-refractivity contribution is 6.65. The van der Waals surface area contributed by atoms with Crippen molar-refractivity contribution >= 4 is 34.9 Å². The number of amides is 1. The standard InChI is InChI=1S/C18H16BN3O2/c23-18(8-12-1-2-15-11-21-19(24)17(15)7-12)22-16-4-3-14-10-20-6-5-13(14)9-16/h1-7,9-10,21,24H,8,11H2,(H,22,23). The lowest BCUT2D eigenvalue weighted by atomic mass is 9.75. The van der Waals surface area contributed by atoms with Crippen LogP contribution in [-0.2, 0) is 17.8 Å². The van der Waals surface area contributed by atoms with Gasteiger partial charge in [-0.2, -0.15) is 0 Å². The molecule has 0 saturated heterocycles. The molecule has 0 unspecified atom stereocenters. The van der Waals surface area contributed by atoms with E-state index in [2.05, 4.69) is 15.5 Å². The van der Waals surface area contributed by atoms with E-state index in [0.29, 0.717) is 6.54 Å². The van der Waals surface area contributed by atoms with Gasteiger partial charge in [0.2, 0.25) is 5.91 Å². The van der Waals surface area contributed by atoms with Crippen molar-refractivity contribution in [2.45, 2.75) is 13.0 Å². The number of hydrogen-bond acceptors (Lipinski definition) is 4. The SMILES string of the molecule is O=C(Cc1ccc2c(c1)B(O)NC2)Nc1ccc2cnccc2c1. The Kier molecular flexibility index (Phi) is 3.76. The Morgan fingerprint density at radius 1 is 1.21 bits per heavy atom. The van der Waals surface area contributed by atoms with E-state index in [-0.39, 0.29) is 12.3 Å². The molecule has 24 heavy (non-hydrogen) atoms. The topological polar surface area (TPSA) is 74.2 Å². The van der Waals surface area contributed by atoms with Crippen molar-refractivity contribution in [2.24, 2.45) is 0 Å². The van der Waals surface area contributed by atoms with Gasteiger partial charge in [-0.3, -0.25) is 9.78 Å². The number of benzene rings is 2. The second-order valence-electron chi connectivity index (χ2n) is 5.98. The molecule has 1 aromatic heterocycles. The Labute approximate surface area is 139 Å². The maximum Gasteiger partial charge on any atom is 0.413 e. The maximum atomic E-state index is 12.3. The average Bonchev–Trinajstić information content (AvgIpc) is 2.95. The number of fused-ring (bicyclic) bond motifs is 2. The molecule has 0 bridgehead atoms. The molecular formula is C18H16BN3O2. The Balaban J connectivity index is 1.49. The van der Waals surface area contributed by atoms with Gasteiger partial charge in [-0.15, -0.1) is 0 Å². The van der Waals surface area contributed by atoms with Crippen LogP contribution in [0.4, 0.5) is 5.69 Å². The summed E-state index contributed by atoms with van der Waals surface area (Å²) in [5, 5.41) is 17.8. The van der Waals surface area contributed by atoms with E-state index in [0.717, 1.165) is 33.0 Å². The molecule has 0 spiro atoms. The molecule has 1 aliphatic heterocycles. The summed E-state index contributed by atoms with van der Waals surface area (Å²) < 4.78 is 0. The Morgan fingerprint density at radius 2 is 2.12 bits per heavy atom. The molecule has 1 amide bonds. The zero-order valence-electron chi connectivity index (χ0n) is 13.0. The van der Waals surface area contributed by atoms with Crippen molar-refractivity contribution in [3.05, 3.63) is 66.0 Å². The number of rotatable bonds is 3. The van der Waals surface area contributed by atoms with E-state index in [9.17, 15) is 9.82 Å². The number of anilines is 1. The van der Waals surface area contributed by atoms with Gasteiger partial charge in [-0.05, 0) is 40.2 Å². The summed E-state index contributed by atoms with van der Waals surface area (Å²) >= 11 is 0. The fraction of sp³-hybridized carbons (Fsp3) is 0.111. The molecule has 0 saturated carbocycles. The summed E-state index contributed by atoms with van der Waals surface area (Å²) in [6.07, 6.45) is 3.80. The predicted octanol–water partition coefficient (Wildman–Crippen LogP) is 1.21. The highest BCUT2D eigenvalue weighted by Crippen LogP contribution is 2.18. The number of aromatic nitrogens is 1. The zero-order chi connectivity index (χ0) is 16.5. The largest absolute Gasteiger partial charge is 0.433 e. The summed E-state index contributed by atoms with van der Waals surface area (Å²) in [6.45, 7) is 0.662. The molecular weight excluding hydrogens is 301 g/mol. The van der Waals surface area contributed by atoms with Gasteiger partial charge in [0.25, 0.3) is 0 Å². The molecule has 1 aliphatic rings. The van der Waals surface area contributed by atoms with Crippen molar-refractivity contribution < 1.29 is 9.82 Å². The molecule has 118 valence electrons. The third-order valence-corrected chi connectivity index (χ3v) is 4.28. The first kappa shape index (κ1) is 14.9. The van der Waals surface area contributed by atoms with E-state index in [4.69, 9.17) is 0 Å². The van der Waals surface area contributed by atoms with Gasteiger partial charge in [0.15, 0.2) is 0 Å². The molecule has 6 heteroatoms. The first-order valence-electron chi connectivity index (χ1n) is 7.86. The summed E-state index contributed by atoms with van der Waals surface area (Å²) in [5.74, 6) is -0.0798. The van der Waals surface area contributed by atoms with Crippen molar-refractivity contribution in [1.29, 1.82) is 0 Å². The van der Waals surface area contributed by atoms with Gasteiger partial charge in [0.05, 0.1) is 6.42 Å². The van der Waals surface area contributed by atoms with E-state index in [1.54, 1.807) is 12.4 Å². The molecule has 0 aliphatic carbocycles. The fourth-order valence-electron chi connectivity index (χ4n) is 3.04. The van der Waals surface area contributed by atoms with Gasteiger partial charge >= 0.3 is 7.05 Å².